The molecule has 0 saturated carbocycles. The van der Waals surface area contributed by atoms with E-state index in [1.807, 2.05) is 0 Å². The van der Waals surface area contributed by atoms with Crippen molar-refractivity contribution in [1.82, 2.24) is 0 Å². The van der Waals surface area contributed by atoms with Gasteiger partial charge in [-0.05, 0) is 0 Å². The third kappa shape index (κ3) is 3.01. The fourth-order valence-corrected chi connectivity index (χ4v) is 3.65. The Morgan fingerprint density at radius 3 is 0.714 bits per heavy atom. The lowest BCUT2D eigenvalue weighted by Crippen LogP contribution is -2.10. The van der Waals surface area contributed by atoms with Crippen LogP contribution < -0.4 is 0 Å². The van der Waals surface area contributed by atoms with Gasteiger partial charge in [0.1, 0.15) is 0 Å². The van der Waals surface area contributed by atoms with Gasteiger partial charge in [0, 0.05) is 0 Å². The molecule has 1 aromatic carbocycles. The van der Waals surface area contributed by atoms with Crippen molar-refractivity contribution < 1.29 is 54.2 Å². The Hall–Kier alpha value is -1.65. The number of hydrogen-bond donors (Lipinski definition) is 6. The molecule has 15 heteroatoms. The van der Waals surface area contributed by atoms with Crippen molar-refractivity contribution in [3.05, 3.63) is 0 Å². The zero-order chi connectivity index (χ0) is 17.0. The number of phenols is 3. The second-order valence-electron chi connectivity index (χ2n) is 3.46. The zero-order valence-electron chi connectivity index (χ0n) is 9.36. The van der Waals surface area contributed by atoms with Gasteiger partial charge in [0.05, 0.1) is 0 Å². The van der Waals surface area contributed by atoms with Crippen LogP contribution in [-0.4, -0.2) is 54.2 Å². The normalized spacial score (nSPS) is 13.3. The lowest BCUT2D eigenvalue weighted by atomic mass is 10.3. The summed E-state index contributed by atoms with van der Waals surface area (Å²) in [6.07, 6.45) is 0. The fourth-order valence-electron chi connectivity index (χ4n) is 1.38. The number of benzene rings is 1. The van der Waals surface area contributed by atoms with E-state index in [0.29, 0.717) is 0 Å². The van der Waals surface area contributed by atoms with Crippen LogP contribution in [0.1, 0.15) is 0 Å². The van der Waals surface area contributed by atoms with Crippen molar-refractivity contribution in [2.24, 2.45) is 0 Å². The van der Waals surface area contributed by atoms with Crippen LogP contribution in [-0.2, 0) is 30.4 Å². The van der Waals surface area contributed by atoms with E-state index >= 15 is 0 Å². The van der Waals surface area contributed by atoms with E-state index in [0.717, 1.165) is 0 Å². The molecule has 12 nitrogen and oxygen atoms in total. The predicted molar refractivity (Wildman–Crippen MR) is 60.9 cm³/mol. The van der Waals surface area contributed by atoms with Gasteiger partial charge in [-0.1, -0.05) is 0 Å². The summed E-state index contributed by atoms with van der Waals surface area (Å²) in [4.78, 5) is -6.17. The Labute approximate surface area is 117 Å². The molecule has 0 atom stereocenters. The second-order valence-corrected chi connectivity index (χ2v) is 7.53. The summed E-state index contributed by atoms with van der Waals surface area (Å²) in [5.74, 6) is -6.16. The molecule has 0 aliphatic heterocycles. The molecule has 0 spiro atoms. The van der Waals surface area contributed by atoms with Gasteiger partial charge in [-0.3, -0.25) is 13.7 Å². The van der Waals surface area contributed by atoms with Crippen LogP contribution in [0.25, 0.3) is 0 Å². The standard InChI is InChI=1S/C6H6O12S3/c7-1-4(19(10,11)12)2(8)6(21(16,17)18)3(9)5(1)20(13,14)15/h7-9H,(H,10,11,12)(H,13,14,15)(H,16,17,18). The fraction of sp³-hybridized carbons (Fsp3) is 0. The first-order chi connectivity index (χ1) is 9.10. The van der Waals surface area contributed by atoms with Gasteiger partial charge in [-0.15, -0.1) is 0 Å². The highest BCUT2D eigenvalue weighted by atomic mass is 32.2. The Balaban J connectivity index is 4.36. The van der Waals surface area contributed by atoms with E-state index in [9.17, 15) is 40.6 Å². The van der Waals surface area contributed by atoms with Gasteiger partial charge in [0.2, 0.25) is 0 Å². The summed E-state index contributed by atoms with van der Waals surface area (Å²) in [5, 5.41) is 28.0. The average Bonchev–Trinajstić information content (AvgIpc) is 2.07. The topological polar surface area (TPSA) is 224 Å². The summed E-state index contributed by atoms with van der Waals surface area (Å²) >= 11 is 0. The van der Waals surface area contributed by atoms with Gasteiger partial charge in [-0.2, -0.15) is 25.3 Å². The highest BCUT2D eigenvalue weighted by molar-refractivity contribution is 7.88. The molecule has 0 heterocycles. The first kappa shape index (κ1) is 17.4. The second kappa shape index (κ2) is 4.68. The zero-order valence-corrected chi connectivity index (χ0v) is 11.8. The maximum absolute atomic E-state index is 10.9. The van der Waals surface area contributed by atoms with Crippen LogP contribution in [0, 0.1) is 0 Å². The van der Waals surface area contributed by atoms with E-state index in [1.54, 1.807) is 0 Å². The Morgan fingerprint density at radius 2 is 0.619 bits per heavy atom. The molecule has 0 radical (unpaired) electrons. The number of rotatable bonds is 3. The summed E-state index contributed by atoms with van der Waals surface area (Å²) in [7, 11) is -16.8. The van der Waals surface area contributed by atoms with Gasteiger partial charge in [-0.25, -0.2) is 0 Å². The summed E-state index contributed by atoms with van der Waals surface area (Å²) in [5.41, 5.74) is 0. The van der Waals surface area contributed by atoms with E-state index in [-0.39, 0.29) is 0 Å². The number of phenolic OH excluding ortho intramolecular Hbond substituents is 3. The van der Waals surface area contributed by atoms with E-state index < -0.39 is 62.3 Å². The molecule has 0 amide bonds. The molecule has 0 unspecified atom stereocenters. The quantitative estimate of drug-likeness (QED) is 0.338. The molecule has 120 valence electrons. The van der Waals surface area contributed by atoms with Crippen LogP contribution in [0.5, 0.6) is 17.2 Å². The molecule has 21 heavy (non-hydrogen) atoms. The summed E-state index contributed by atoms with van der Waals surface area (Å²) in [6, 6.07) is 0. The molecule has 1 rings (SSSR count). The molecule has 0 bridgehead atoms. The molecule has 0 saturated heterocycles. The van der Waals surface area contributed by atoms with E-state index in [4.69, 9.17) is 13.7 Å². The molecule has 0 aromatic heterocycles. The third-order valence-corrected chi connectivity index (χ3v) is 4.77. The Kier molecular flexibility index (Phi) is 3.88. The monoisotopic (exact) mass is 366 g/mol. The molecular formula is C6H6O12S3. The van der Waals surface area contributed by atoms with Crippen molar-refractivity contribution in [1.29, 1.82) is 0 Å². The van der Waals surface area contributed by atoms with Gasteiger partial charge >= 0.3 is 30.4 Å². The Morgan fingerprint density at radius 1 is 0.476 bits per heavy atom. The van der Waals surface area contributed by atoms with Crippen molar-refractivity contribution in [3.8, 4) is 17.2 Å². The smallest absolute Gasteiger partial charge is 0.302 e. The first-order valence-electron chi connectivity index (χ1n) is 4.33. The van der Waals surface area contributed by atoms with Crippen molar-refractivity contribution in [2.75, 3.05) is 0 Å². The molecule has 1 aromatic rings. The Bertz CT molecular complexity index is 775. The third-order valence-electron chi connectivity index (χ3n) is 2.06. The van der Waals surface area contributed by atoms with Gasteiger partial charge < -0.3 is 15.3 Å². The highest BCUT2D eigenvalue weighted by Crippen LogP contribution is 2.48. The number of hydrogen-bond acceptors (Lipinski definition) is 9. The van der Waals surface area contributed by atoms with Crippen LogP contribution in [0.2, 0.25) is 0 Å². The summed E-state index contributed by atoms with van der Waals surface area (Å²) < 4.78 is 91.9. The van der Waals surface area contributed by atoms with E-state index in [2.05, 4.69) is 0 Å². The maximum atomic E-state index is 10.9. The van der Waals surface area contributed by atoms with Crippen molar-refractivity contribution in [3.63, 3.8) is 0 Å². The molecule has 0 fully saturated rings. The minimum atomic E-state index is -5.61. The largest absolute Gasteiger partial charge is 0.505 e. The lowest BCUT2D eigenvalue weighted by molar-refractivity contribution is 0.357. The van der Waals surface area contributed by atoms with Crippen LogP contribution >= 0.6 is 0 Å². The van der Waals surface area contributed by atoms with Crippen LogP contribution in [0.4, 0.5) is 0 Å². The minimum Gasteiger partial charge on any atom is -0.505 e. The van der Waals surface area contributed by atoms with E-state index in [1.165, 1.54) is 0 Å². The van der Waals surface area contributed by atoms with Crippen molar-refractivity contribution >= 4 is 30.4 Å². The van der Waals surface area contributed by atoms with Crippen LogP contribution in [0.3, 0.4) is 0 Å². The van der Waals surface area contributed by atoms with Gasteiger partial charge in [0.25, 0.3) is 0 Å². The summed E-state index contributed by atoms with van der Waals surface area (Å²) in [6.45, 7) is 0. The van der Waals surface area contributed by atoms with Crippen molar-refractivity contribution in [2.45, 2.75) is 14.7 Å². The molecule has 6 N–H and O–H groups in total. The molecule has 0 aliphatic rings. The lowest BCUT2D eigenvalue weighted by Gasteiger charge is -2.13. The highest BCUT2D eigenvalue weighted by Gasteiger charge is 2.39. The molecular weight excluding hydrogens is 360 g/mol. The molecule has 0 aliphatic carbocycles. The minimum absolute atomic E-state index is 2.05. The number of aromatic hydroxyl groups is 3. The SMILES string of the molecule is O=S(=O)(O)c1c(O)c(S(=O)(=O)O)c(O)c(S(=O)(=O)O)c1O. The maximum Gasteiger partial charge on any atom is 0.302 e. The predicted octanol–water partition coefficient (Wildman–Crippen LogP) is -1.46. The van der Waals surface area contributed by atoms with Crippen LogP contribution in [0.15, 0.2) is 14.7 Å². The first-order valence-corrected chi connectivity index (χ1v) is 8.65. The average molecular weight is 366 g/mol. The van der Waals surface area contributed by atoms with Gasteiger partial charge in [0.15, 0.2) is 31.9 Å².